The van der Waals surface area contributed by atoms with Crippen LogP contribution >= 0.6 is 23.4 Å². The molecule has 1 aliphatic rings. The average molecular weight is 435 g/mol. The largest absolute Gasteiger partial charge is 0.463 e. The second-order valence-electron chi connectivity index (χ2n) is 6.27. The second-order valence-corrected chi connectivity index (χ2v) is 7.74. The van der Waals surface area contributed by atoms with E-state index in [9.17, 15) is 14.9 Å². The number of hydrogen-bond acceptors (Lipinski definition) is 7. The summed E-state index contributed by atoms with van der Waals surface area (Å²) in [6.45, 7) is 6.33. The number of halogens is 1. The summed E-state index contributed by atoms with van der Waals surface area (Å²) in [4.78, 5) is 26.1. The number of nitrogens with zero attached hydrogens (tertiary/aromatic N) is 2. The van der Waals surface area contributed by atoms with Crippen molar-refractivity contribution in [3.8, 4) is 6.07 Å². The molecule has 0 radical (unpaired) electrons. The van der Waals surface area contributed by atoms with Crippen LogP contribution in [0.1, 0.15) is 39.0 Å². The molecule has 0 aromatic heterocycles. The number of esters is 2. The number of unbranched alkanes of at least 4 members (excludes halogenated alkanes) is 2. The van der Waals surface area contributed by atoms with Gasteiger partial charge in [-0.05, 0) is 37.5 Å². The molecule has 0 aliphatic carbocycles. The third kappa shape index (κ3) is 6.55. The lowest BCUT2D eigenvalue weighted by Crippen LogP contribution is -2.21. The van der Waals surface area contributed by atoms with Crippen LogP contribution in [0.3, 0.4) is 0 Å². The summed E-state index contributed by atoms with van der Waals surface area (Å²) in [6, 6.07) is 7.57. The van der Waals surface area contributed by atoms with E-state index in [1.807, 2.05) is 23.1 Å². The summed E-state index contributed by atoms with van der Waals surface area (Å²) in [7, 11) is 0. The maximum Gasteiger partial charge on any atom is 0.330 e. The molecule has 1 aromatic carbocycles. The summed E-state index contributed by atoms with van der Waals surface area (Å²) in [5.74, 6) is -0.996. The van der Waals surface area contributed by atoms with Crippen molar-refractivity contribution >= 4 is 41.0 Å². The van der Waals surface area contributed by atoms with Crippen molar-refractivity contribution in [2.24, 2.45) is 0 Å². The van der Waals surface area contributed by atoms with Crippen molar-refractivity contribution in [2.45, 2.75) is 43.9 Å². The van der Waals surface area contributed by atoms with E-state index in [4.69, 9.17) is 21.1 Å². The van der Waals surface area contributed by atoms with E-state index < -0.39 is 11.9 Å². The Labute approximate surface area is 180 Å². The van der Waals surface area contributed by atoms with Crippen LogP contribution in [-0.4, -0.2) is 25.1 Å². The summed E-state index contributed by atoms with van der Waals surface area (Å²) in [6.07, 6.45) is 4.16. The van der Waals surface area contributed by atoms with Crippen LogP contribution < -0.4 is 4.90 Å². The van der Waals surface area contributed by atoms with Gasteiger partial charge in [-0.3, -0.25) is 4.79 Å². The number of nitriles is 1. The Bertz CT molecular complexity index is 848. The van der Waals surface area contributed by atoms with Gasteiger partial charge in [0.1, 0.15) is 11.1 Å². The molecule has 2 rings (SSSR count). The first-order valence-corrected chi connectivity index (χ1v) is 10.6. The van der Waals surface area contributed by atoms with Crippen molar-refractivity contribution in [1.29, 1.82) is 5.26 Å². The van der Waals surface area contributed by atoms with Crippen LogP contribution in [0, 0.1) is 11.3 Å². The van der Waals surface area contributed by atoms with Gasteiger partial charge in [-0.1, -0.05) is 43.3 Å². The highest BCUT2D eigenvalue weighted by Crippen LogP contribution is 2.48. The van der Waals surface area contributed by atoms with E-state index in [-0.39, 0.29) is 18.8 Å². The van der Waals surface area contributed by atoms with Crippen LogP contribution in [0.5, 0.6) is 0 Å². The topological polar surface area (TPSA) is 79.6 Å². The lowest BCUT2D eigenvalue weighted by atomic mass is 10.2. The summed E-state index contributed by atoms with van der Waals surface area (Å²) in [5.41, 5.74) is 0.954. The van der Waals surface area contributed by atoms with E-state index >= 15 is 0 Å². The molecule has 1 aliphatic heterocycles. The highest BCUT2D eigenvalue weighted by atomic mass is 35.5. The predicted octanol–water partition coefficient (Wildman–Crippen LogP) is 5.19. The van der Waals surface area contributed by atoms with E-state index in [2.05, 4.69) is 13.5 Å². The van der Waals surface area contributed by atoms with Crippen LogP contribution in [0.2, 0.25) is 5.02 Å². The van der Waals surface area contributed by atoms with E-state index in [1.165, 1.54) is 11.8 Å². The van der Waals surface area contributed by atoms with Crippen molar-refractivity contribution in [3.63, 3.8) is 0 Å². The number of benzene rings is 1. The highest BCUT2D eigenvalue weighted by molar-refractivity contribution is 8.03. The number of carbonyl (C=O) groups is 2. The first-order chi connectivity index (χ1) is 14.0. The Morgan fingerprint density at radius 3 is 2.83 bits per heavy atom. The fourth-order valence-corrected chi connectivity index (χ4v) is 4.04. The molecule has 0 saturated carbocycles. The number of hydrogen-bond donors (Lipinski definition) is 0. The van der Waals surface area contributed by atoms with Gasteiger partial charge in [-0.2, -0.15) is 5.26 Å². The van der Waals surface area contributed by atoms with Gasteiger partial charge >= 0.3 is 11.9 Å². The zero-order valence-corrected chi connectivity index (χ0v) is 17.9. The molecule has 0 atom stereocenters. The Hall–Kier alpha value is -2.43. The minimum Gasteiger partial charge on any atom is -0.463 e. The average Bonchev–Trinajstić information content (AvgIpc) is 3.07. The van der Waals surface area contributed by atoms with Gasteiger partial charge in [0.05, 0.1) is 12.3 Å². The van der Waals surface area contributed by atoms with Crippen molar-refractivity contribution in [1.82, 2.24) is 0 Å². The van der Waals surface area contributed by atoms with E-state index in [0.717, 1.165) is 29.5 Å². The Kier molecular flexibility index (Phi) is 9.10. The summed E-state index contributed by atoms with van der Waals surface area (Å²) >= 11 is 7.47. The van der Waals surface area contributed by atoms with Crippen LogP contribution in [0.4, 0.5) is 5.69 Å². The maximum absolute atomic E-state index is 12.2. The first kappa shape index (κ1) is 22.9. The minimum atomic E-state index is -0.492. The lowest BCUT2D eigenvalue weighted by Gasteiger charge is -2.20. The molecule has 1 aromatic rings. The zero-order valence-electron chi connectivity index (χ0n) is 16.3. The van der Waals surface area contributed by atoms with Crippen molar-refractivity contribution in [3.05, 3.63) is 46.7 Å². The van der Waals surface area contributed by atoms with Gasteiger partial charge < -0.3 is 14.4 Å². The number of thioether (sulfide) groups is 1. The highest BCUT2D eigenvalue weighted by Gasteiger charge is 2.29. The number of ether oxygens (including phenoxy) is 2. The molecule has 1 heterocycles. The van der Waals surface area contributed by atoms with Gasteiger partial charge in [0.2, 0.25) is 5.76 Å². The molecular weight excluding hydrogens is 412 g/mol. The fraction of sp³-hybridized carbons (Fsp3) is 0.381. The van der Waals surface area contributed by atoms with Crippen molar-refractivity contribution < 1.29 is 19.1 Å². The standard InChI is InChI=1S/C21H23ClN2O4S/c1-3-5-11-24-16-10-9-15(22)13-18(16)29-21(24)17(14-23)28-20(26)8-6-7-12-27-19(25)4-2/h4,9-10,13H,2-3,5-8,11-12H2,1H3/b21-17-. The summed E-state index contributed by atoms with van der Waals surface area (Å²) in [5, 5.41) is 10.8. The van der Waals surface area contributed by atoms with Gasteiger partial charge in [0, 0.05) is 29.0 Å². The predicted molar refractivity (Wildman–Crippen MR) is 113 cm³/mol. The first-order valence-electron chi connectivity index (χ1n) is 9.39. The van der Waals surface area contributed by atoms with Gasteiger partial charge in [0.15, 0.2) is 0 Å². The fourth-order valence-electron chi connectivity index (χ4n) is 2.65. The molecule has 0 unspecified atom stereocenters. The Morgan fingerprint density at radius 1 is 1.34 bits per heavy atom. The molecule has 0 N–H and O–H groups in total. The maximum atomic E-state index is 12.2. The number of fused-ring (bicyclic) bond motifs is 1. The minimum absolute atomic E-state index is 0.0125. The van der Waals surface area contributed by atoms with Crippen molar-refractivity contribution in [2.75, 3.05) is 18.1 Å². The third-order valence-corrected chi connectivity index (χ3v) is 5.48. The molecule has 29 heavy (non-hydrogen) atoms. The normalized spacial score (nSPS) is 14.0. The molecule has 0 fully saturated rings. The number of allylic oxidation sites excluding steroid dienone is 1. The van der Waals surface area contributed by atoms with Gasteiger partial charge in [0.25, 0.3) is 0 Å². The SMILES string of the molecule is C=CC(=O)OCCCCC(=O)O/C(C#N)=C1\Sc2cc(Cl)ccc2N1CCCC. The molecule has 154 valence electrons. The Balaban J connectivity index is 2.03. The summed E-state index contributed by atoms with van der Waals surface area (Å²) < 4.78 is 10.2. The molecule has 6 nitrogen and oxygen atoms in total. The Morgan fingerprint density at radius 2 is 2.14 bits per heavy atom. The third-order valence-electron chi connectivity index (χ3n) is 4.10. The van der Waals surface area contributed by atoms with Crippen LogP contribution in [0.25, 0.3) is 0 Å². The monoisotopic (exact) mass is 434 g/mol. The van der Waals surface area contributed by atoms with Crippen LogP contribution in [-0.2, 0) is 19.1 Å². The molecule has 0 bridgehead atoms. The zero-order chi connectivity index (χ0) is 21.2. The smallest absolute Gasteiger partial charge is 0.330 e. The molecule has 0 spiro atoms. The molecule has 8 heteroatoms. The van der Waals surface area contributed by atoms with Gasteiger partial charge in [-0.15, -0.1) is 0 Å². The number of rotatable bonds is 10. The number of carbonyl (C=O) groups excluding carboxylic acids is 2. The van der Waals surface area contributed by atoms with E-state index in [0.29, 0.717) is 29.4 Å². The quantitative estimate of drug-likeness (QED) is 0.165. The molecule has 0 amide bonds. The second kappa shape index (κ2) is 11.5. The van der Waals surface area contributed by atoms with Crippen LogP contribution in [0.15, 0.2) is 46.5 Å². The van der Waals surface area contributed by atoms with Gasteiger partial charge in [-0.25, -0.2) is 4.79 Å². The molecule has 0 saturated heterocycles. The van der Waals surface area contributed by atoms with E-state index in [1.54, 1.807) is 6.07 Å². The number of anilines is 1. The lowest BCUT2D eigenvalue weighted by molar-refractivity contribution is -0.139. The molecular formula is C21H23ClN2O4S.